The van der Waals surface area contributed by atoms with Gasteiger partial charge in [0.1, 0.15) is 0 Å². The predicted molar refractivity (Wildman–Crippen MR) is 76.9 cm³/mol. The standard InChI is InChI=1S/C10H11Br3N2O/c1-2-3-14-10(16)15-9-7(12)4-6(11)5-8(9)13/h4-5H,2-3H2,1H3,(H2,14,15,16). The van der Waals surface area contributed by atoms with Crippen LogP contribution in [0.5, 0.6) is 0 Å². The van der Waals surface area contributed by atoms with Crippen molar-refractivity contribution < 1.29 is 4.79 Å². The van der Waals surface area contributed by atoms with E-state index in [2.05, 4.69) is 58.4 Å². The number of hydrogen-bond donors (Lipinski definition) is 2. The highest BCUT2D eigenvalue weighted by atomic mass is 79.9. The molecule has 1 aromatic carbocycles. The molecule has 0 aliphatic heterocycles. The van der Waals surface area contributed by atoms with Crippen LogP contribution >= 0.6 is 47.8 Å². The Kier molecular flexibility index (Phi) is 5.78. The highest BCUT2D eigenvalue weighted by molar-refractivity contribution is 9.11. The molecule has 1 rings (SSSR count). The molecule has 6 heteroatoms. The van der Waals surface area contributed by atoms with Crippen molar-refractivity contribution in [2.45, 2.75) is 13.3 Å². The Morgan fingerprint density at radius 3 is 2.31 bits per heavy atom. The molecule has 0 radical (unpaired) electrons. The molecule has 0 aliphatic rings. The third-order valence-electron chi connectivity index (χ3n) is 1.78. The van der Waals surface area contributed by atoms with E-state index >= 15 is 0 Å². The Balaban J connectivity index is 2.77. The molecular formula is C10H11Br3N2O. The number of benzene rings is 1. The summed E-state index contributed by atoms with van der Waals surface area (Å²) >= 11 is 10.2. The van der Waals surface area contributed by atoms with E-state index in [-0.39, 0.29) is 6.03 Å². The molecule has 2 amide bonds. The topological polar surface area (TPSA) is 41.1 Å². The lowest BCUT2D eigenvalue weighted by atomic mass is 10.3. The second-order valence-electron chi connectivity index (χ2n) is 3.13. The fourth-order valence-corrected chi connectivity index (χ4v) is 3.51. The van der Waals surface area contributed by atoms with Crippen LogP contribution in [-0.4, -0.2) is 12.6 Å². The van der Waals surface area contributed by atoms with E-state index in [1.807, 2.05) is 19.1 Å². The summed E-state index contributed by atoms with van der Waals surface area (Å²) in [6.07, 6.45) is 0.913. The average Bonchev–Trinajstić information content (AvgIpc) is 2.20. The predicted octanol–water partition coefficient (Wildman–Crippen LogP) is 4.51. The lowest BCUT2D eigenvalue weighted by Crippen LogP contribution is -2.29. The number of carbonyl (C=O) groups excluding carboxylic acids is 1. The van der Waals surface area contributed by atoms with Crippen LogP contribution in [0.15, 0.2) is 25.6 Å². The summed E-state index contributed by atoms with van der Waals surface area (Å²) in [7, 11) is 0. The second kappa shape index (κ2) is 6.61. The van der Waals surface area contributed by atoms with E-state index in [9.17, 15) is 4.79 Å². The number of anilines is 1. The van der Waals surface area contributed by atoms with Gasteiger partial charge in [-0.25, -0.2) is 4.79 Å². The van der Waals surface area contributed by atoms with Crippen LogP contribution in [-0.2, 0) is 0 Å². The molecule has 2 N–H and O–H groups in total. The van der Waals surface area contributed by atoms with Gasteiger partial charge in [0.15, 0.2) is 0 Å². The fourth-order valence-electron chi connectivity index (χ4n) is 1.06. The third-order valence-corrected chi connectivity index (χ3v) is 3.49. The first-order valence-electron chi connectivity index (χ1n) is 4.74. The van der Waals surface area contributed by atoms with E-state index < -0.39 is 0 Å². The summed E-state index contributed by atoms with van der Waals surface area (Å²) < 4.78 is 2.58. The van der Waals surface area contributed by atoms with Crippen LogP contribution < -0.4 is 10.6 Å². The Bertz CT molecular complexity index is 373. The Labute approximate surface area is 120 Å². The number of urea groups is 1. The van der Waals surface area contributed by atoms with Gasteiger partial charge in [-0.1, -0.05) is 22.9 Å². The maximum atomic E-state index is 11.5. The van der Waals surface area contributed by atoms with Gasteiger partial charge < -0.3 is 10.6 Å². The molecule has 1 aromatic rings. The van der Waals surface area contributed by atoms with Crippen LogP contribution in [0.2, 0.25) is 0 Å². The van der Waals surface area contributed by atoms with Gasteiger partial charge in [0, 0.05) is 20.0 Å². The first-order valence-corrected chi connectivity index (χ1v) is 7.12. The quantitative estimate of drug-likeness (QED) is 0.750. The zero-order valence-electron chi connectivity index (χ0n) is 8.61. The van der Waals surface area contributed by atoms with Gasteiger partial charge in [-0.3, -0.25) is 0 Å². The lowest BCUT2D eigenvalue weighted by molar-refractivity contribution is 0.252. The summed E-state index contributed by atoms with van der Waals surface area (Å²) in [4.78, 5) is 11.5. The minimum absolute atomic E-state index is 0.203. The third kappa shape index (κ3) is 4.07. The van der Waals surface area contributed by atoms with Crippen molar-refractivity contribution in [3.63, 3.8) is 0 Å². The van der Waals surface area contributed by atoms with Crippen molar-refractivity contribution >= 4 is 59.5 Å². The largest absolute Gasteiger partial charge is 0.338 e. The van der Waals surface area contributed by atoms with Gasteiger partial charge >= 0.3 is 6.03 Å². The first kappa shape index (κ1) is 14.0. The summed E-state index contributed by atoms with van der Waals surface area (Å²) in [5.41, 5.74) is 0.719. The molecule has 0 saturated heterocycles. The second-order valence-corrected chi connectivity index (χ2v) is 5.75. The molecule has 0 unspecified atom stereocenters. The summed E-state index contributed by atoms with van der Waals surface area (Å²) in [5.74, 6) is 0. The Morgan fingerprint density at radius 2 is 1.81 bits per heavy atom. The van der Waals surface area contributed by atoms with E-state index in [0.717, 1.165) is 25.5 Å². The molecule has 88 valence electrons. The van der Waals surface area contributed by atoms with Gasteiger partial charge in [-0.15, -0.1) is 0 Å². The zero-order valence-corrected chi connectivity index (χ0v) is 13.4. The molecule has 0 fully saturated rings. The van der Waals surface area contributed by atoms with Gasteiger partial charge in [0.05, 0.1) is 5.69 Å². The number of hydrogen-bond acceptors (Lipinski definition) is 1. The van der Waals surface area contributed by atoms with Crippen molar-refractivity contribution in [3.05, 3.63) is 25.6 Å². The SMILES string of the molecule is CCCNC(=O)Nc1c(Br)cc(Br)cc1Br. The Morgan fingerprint density at radius 1 is 1.25 bits per heavy atom. The molecule has 3 nitrogen and oxygen atoms in total. The fraction of sp³-hybridized carbons (Fsp3) is 0.300. The van der Waals surface area contributed by atoms with Crippen molar-refractivity contribution in [3.8, 4) is 0 Å². The zero-order chi connectivity index (χ0) is 12.1. The van der Waals surface area contributed by atoms with Crippen LogP contribution in [0.4, 0.5) is 10.5 Å². The van der Waals surface area contributed by atoms with Crippen LogP contribution in [0.1, 0.15) is 13.3 Å². The lowest BCUT2D eigenvalue weighted by Gasteiger charge is -2.10. The molecule has 0 heterocycles. The minimum Gasteiger partial charge on any atom is -0.338 e. The smallest absolute Gasteiger partial charge is 0.319 e. The number of rotatable bonds is 3. The van der Waals surface area contributed by atoms with E-state index in [0.29, 0.717) is 6.54 Å². The monoisotopic (exact) mass is 412 g/mol. The number of carbonyl (C=O) groups is 1. The molecule has 0 aromatic heterocycles. The molecular weight excluding hydrogens is 404 g/mol. The number of nitrogens with one attached hydrogen (secondary N) is 2. The van der Waals surface area contributed by atoms with Crippen LogP contribution in [0, 0.1) is 0 Å². The van der Waals surface area contributed by atoms with Gasteiger partial charge in [-0.2, -0.15) is 0 Å². The van der Waals surface area contributed by atoms with E-state index in [4.69, 9.17) is 0 Å². The average molecular weight is 415 g/mol. The maximum Gasteiger partial charge on any atom is 0.319 e. The van der Waals surface area contributed by atoms with Crippen LogP contribution in [0.3, 0.4) is 0 Å². The van der Waals surface area contributed by atoms with E-state index in [1.54, 1.807) is 0 Å². The molecule has 0 atom stereocenters. The van der Waals surface area contributed by atoms with Crippen molar-refractivity contribution in [2.75, 3.05) is 11.9 Å². The molecule has 0 aliphatic carbocycles. The van der Waals surface area contributed by atoms with Crippen molar-refractivity contribution in [1.29, 1.82) is 0 Å². The summed E-state index contributed by atoms with van der Waals surface area (Å²) in [6, 6.07) is 3.55. The summed E-state index contributed by atoms with van der Waals surface area (Å²) in [5, 5.41) is 5.52. The van der Waals surface area contributed by atoms with Gasteiger partial charge in [-0.05, 0) is 50.4 Å². The Hall–Kier alpha value is -0.0700. The van der Waals surface area contributed by atoms with Gasteiger partial charge in [0.2, 0.25) is 0 Å². The molecule has 0 spiro atoms. The first-order chi connectivity index (χ1) is 7.54. The maximum absolute atomic E-state index is 11.5. The van der Waals surface area contributed by atoms with Crippen molar-refractivity contribution in [1.82, 2.24) is 5.32 Å². The number of amides is 2. The van der Waals surface area contributed by atoms with Crippen molar-refractivity contribution in [2.24, 2.45) is 0 Å². The molecule has 16 heavy (non-hydrogen) atoms. The van der Waals surface area contributed by atoms with E-state index in [1.165, 1.54) is 0 Å². The highest BCUT2D eigenvalue weighted by Crippen LogP contribution is 2.34. The minimum atomic E-state index is -0.203. The molecule has 0 bridgehead atoms. The number of halogens is 3. The highest BCUT2D eigenvalue weighted by Gasteiger charge is 2.09. The van der Waals surface area contributed by atoms with Crippen LogP contribution in [0.25, 0.3) is 0 Å². The normalized spacial score (nSPS) is 10.0. The summed E-state index contributed by atoms with van der Waals surface area (Å²) in [6.45, 7) is 2.67. The molecule has 0 saturated carbocycles. The van der Waals surface area contributed by atoms with Gasteiger partial charge in [0.25, 0.3) is 0 Å².